The van der Waals surface area contributed by atoms with Crippen LogP contribution < -0.4 is 4.74 Å². The van der Waals surface area contributed by atoms with Crippen molar-refractivity contribution in [3.63, 3.8) is 0 Å². The molecule has 1 unspecified atom stereocenters. The number of aliphatic hydroxyl groups is 1. The van der Waals surface area contributed by atoms with Crippen molar-refractivity contribution in [2.75, 3.05) is 7.11 Å². The minimum Gasteiger partial charge on any atom is -0.495 e. The zero-order valence-corrected chi connectivity index (χ0v) is 10.2. The third-order valence-electron chi connectivity index (χ3n) is 2.32. The lowest BCUT2D eigenvalue weighted by molar-refractivity contribution is 0.219. The fourth-order valence-corrected chi connectivity index (χ4v) is 3.09. The number of hydrogen-bond donors (Lipinski definition) is 1. The predicted octanol–water partition coefficient (Wildman–Crippen LogP) is 3.21. The Balaban J connectivity index is 2.36. The molecule has 0 fully saturated rings. The normalized spacial score (nSPS) is 12.7. The number of hydrogen-bond acceptors (Lipinski definition) is 4. The molecule has 4 heteroatoms. The highest BCUT2D eigenvalue weighted by Gasteiger charge is 2.18. The van der Waals surface area contributed by atoms with E-state index in [1.165, 1.54) is 11.3 Å². The zero-order valence-electron chi connectivity index (χ0n) is 8.56. The summed E-state index contributed by atoms with van der Waals surface area (Å²) in [5.74, 6) is 0.762. The van der Waals surface area contributed by atoms with Gasteiger partial charge in [-0.1, -0.05) is 0 Å². The van der Waals surface area contributed by atoms with Gasteiger partial charge in [0.05, 0.1) is 12.0 Å². The quantitative estimate of drug-likeness (QED) is 0.892. The predicted molar refractivity (Wildman–Crippen MR) is 64.0 cm³/mol. The summed E-state index contributed by atoms with van der Waals surface area (Å²) in [6.45, 7) is 2.02. The molecular weight excluding hydrogens is 228 g/mol. The van der Waals surface area contributed by atoms with E-state index in [9.17, 15) is 5.11 Å². The SMILES string of the molecule is COc1ccsc1C(O)c1ccsc1C. The van der Waals surface area contributed by atoms with Crippen molar-refractivity contribution in [3.8, 4) is 5.75 Å². The number of rotatable bonds is 3. The van der Waals surface area contributed by atoms with Crippen molar-refractivity contribution in [1.82, 2.24) is 0 Å². The summed E-state index contributed by atoms with van der Waals surface area (Å²) in [7, 11) is 1.62. The van der Waals surface area contributed by atoms with Gasteiger partial charge in [-0.3, -0.25) is 0 Å². The van der Waals surface area contributed by atoms with Crippen LogP contribution in [0.4, 0.5) is 0 Å². The van der Waals surface area contributed by atoms with Crippen LogP contribution in [0.15, 0.2) is 22.9 Å². The van der Waals surface area contributed by atoms with Crippen LogP contribution >= 0.6 is 22.7 Å². The highest BCUT2D eigenvalue weighted by molar-refractivity contribution is 7.10. The van der Waals surface area contributed by atoms with E-state index in [1.807, 2.05) is 29.8 Å². The third kappa shape index (κ3) is 1.93. The number of aliphatic hydroxyl groups excluding tert-OH is 1. The smallest absolute Gasteiger partial charge is 0.135 e. The Morgan fingerprint density at radius 1 is 1.27 bits per heavy atom. The molecule has 2 aromatic rings. The third-order valence-corrected chi connectivity index (χ3v) is 4.13. The van der Waals surface area contributed by atoms with Gasteiger partial charge in [0.1, 0.15) is 11.9 Å². The molecule has 0 saturated heterocycles. The van der Waals surface area contributed by atoms with Crippen molar-refractivity contribution < 1.29 is 9.84 Å². The first-order chi connectivity index (χ1) is 7.24. The molecular formula is C11H12O2S2. The monoisotopic (exact) mass is 240 g/mol. The molecule has 0 spiro atoms. The van der Waals surface area contributed by atoms with Crippen LogP contribution in [0.5, 0.6) is 5.75 Å². The van der Waals surface area contributed by atoms with Gasteiger partial charge in [0.2, 0.25) is 0 Å². The molecule has 2 heterocycles. The molecule has 0 aliphatic heterocycles. The Labute approximate surface area is 96.8 Å². The maximum Gasteiger partial charge on any atom is 0.135 e. The van der Waals surface area contributed by atoms with Crippen LogP contribution in [-0.4, -0.2) is 12.2 Å². The summed E-state index contributed by atoms with van der Waals surface area (Å²) in [5, 5.41) is 14.1. The standard InChI is InChI=1S/C11H12O2S2/c1-7-8(3-5-14-7)10(12)11-9(13-2)4-6-15-11/h3-6,10,12H,1-2H3. The topological polar surface area (TPSA) is 29.5 Å². The second kappa shape index (κ2) is 4.35. The van der Waals surface area contributed by atoms with E-state index in [4.69, 9.17) is 4.74 Å². The summed E-state index contributed by atoms with van der Waals surface area (Å²) in [6.07, 6.45) is -0.564. The van der Waals surface area contributed by atoms with Crippen LogP contribution in [0.1, 0.15) is 21.4 Å². The first-order valence-corrected chi connectivity index (χ1v) is 6.33. The molecule has 2 nitrogen and oxygen atoms in total. The van der Waals surface area contributed by atoms with Gasteiger partial charge >= 0.3 is 0 Å². The van der Waals surface area contributed by atoms with Crippen molar-refractivity contribution in [3.05, 3.63) is 38.2 Å². The molecule has 0 bridgehead atoms. The molecule has 0 saturated carbocycles. The van der Waals surface area contributed by atoms with Gasteiger partial charge in [0.15, 0.2) is 0 Å². The molecule has 2 rings (SSSR count). The molecule has 80 valence electrons. The summed E-state index contributed by atoms with van der Waals surface area (Å²) >= 11 is 3.17. The Morgan fingerprint density at radius 2 is 2.00 bits per heavy atom. The Hall–Kier alpha value is -0.840. The van der Waals surface area contributed by atoms with Crippen molar-refractivity contribution in [1.29, 1.82) is 0 Å². The van der Waals surface area contributed by atoms with E-state index in [0.29, 0.717) is 0 Å². The second-order valence-electron chi connectivity index (χ2n) is 3.19. The first-order valence-electron chi connectivity index (χ1n) is 4.57. The Kier molecular flexibility index (Phi) is 3.09. The summed E-state index contributed by atoms with van der Waals surface area (Å²) in [4.78, 5) is 2.02. The van der Waals surface area contributed by atoms with E-state index < -0.39 is 6.10 Å². The molecule has 0 radical (unpaired) electrons. The van der Waals surface area contributed by atoms with Crippen LogP contribution in [0.25, 0.3) is 0 Å². The van der Waals surface area contributed by atoms with Gasteiger partial charge in [0.25, 0.3) is 0 Å². The lowest BCUT2D eigenvalue weighted by Crippen LogP contribution is -1.99. The largest absolute Gasteiger partial charge is 0.495 e. The van der Waals surface area contributed by atoms with Gasteiger partial charge in [-0.25, -0.2) is 0 Å². The van der Waals surface area contributed by atoms with E-state index in [1.54, 1.807) is 18.4 Å². The number of thiophene rings is 2. The zero-order chi connectivity index (χ0) is 10.8. The molecule has 1 N–H and O–H groups in total. The minimum absolute atomic E-state index is 0.564. The molecule has 0 aliphatic carbocycles. The van der Waals surface area contributed by atoms with Gasteiger partial charge in [-0.2, -0.15) is 0 Å². The lowest BCUT2D eigenvalue weighted by Gasteiger charge is -2.10. The van der Waals surface area contributed by atoms with E-state index in [0.717, 1.165) is 21.1 Å². The maximum absolute atomic E-state index is 10.2. The van der Waals surface area contributed by atoms with Gasteiger partial charge in [-0.15, -0.1) is 22.7 Å². The molecule has 0 aliphatic rings. The minimum atomic E-state index is -0.564. The highest BCUT2D eigenvalue weighted by atomic mass is 32.1. The fraction of sp³-hybridized carbons (Fsp3) is 0.273. The molecule has 2 aromatic heterocycles. The average molecular weight is 240 g/mol. The Morgan fingerprint density at radius 3 is 2.60 bits per heavy atom. The van der Waals surface area contributed by atoms with Crippen LogP contribution in [-0.2, 0) is 0 Å². The van der Waals surface area contributed by atoms with Gasteiger partial charge in [-0.05, 0) is 35.4 Å². The summed E-state index contributed by atoms with van der Waals surface area (Å²) < 4.78 is 5.20. The van der Waals surface area contributed by atoms with Crippen molar-refractivity contribution >= 4 is 22.7 Å². The average Bonchev–Trinajstić information content (AvgIpc) is 2.84. The number of aryl methyl sites for hydroxylation is 1. The molecule has 15 heavy (non-hydrogen) atoms. The van der Waals surface area contributed by atoms with E-state index in [-0.39, 0.29) is 0 Å². The molecule has 0 amide bonds. The maximum atomic E-state index is 10.2. The van der Waals surface area contributed by atoms with Crippen LogP contribution in [0, 0.1) is 6.92 Å². The lowest BCUT2D eigenvalue weighted by atomic mass is 10.1. The van der Waals surface area contributed by atoms with E-state index >= 15 is 0 Å². The molecule has 1 atom stereocenters. The molecule has 0 aromatic carbocycles. The van der Waals surface area contributed by atoms with Gasteiger partial charge < -0.3 is 9.84 Å². The second-order valence-corrected chi connectivity index (χ2v) is 5.26. The Bertz CT molecular complexity index is 445. The van der Waals surface area contributed by atoms with E-state index in [2.05, 4.69) is 0 Å². The first kappa shape index (κ1) is 10.7. The van der Waals surface area contributed by atoms with Crippen molar-refractivity contribution in [2.24, 2.45) is 0 Å². The number of ether oxygens (including phenoxy) is 1. The van der Waals surface area contributed by atoms with Crippen LogP contribution in [0.2, 0.25) is 0 Å². The van der Waals surface area contributed by atoms with Gasteiger partial charge in [0, 0.05) is 4.88 Å². The number of methoxy groups -OCH3 is 1. The summed E-state index contributed by atoms with van der Waals surface area (Å²) in [6, 6.07) is 3.84. The summed E-state index contributed by atoms with van der Waals surface area (Å²) in [5.41, 5.74) is 0.973. The van der Waals surface area contributed by atoms with Crippen LogP contribution in [0.3, 0.4) is 0 Å². The van der Waals surface area contributed by atoms with Crippen molar-refractivity contribution in [2.45, 2.75) is 13.0 Å². The highest BCUT2D eigenvalue weighted by Crippen LogP contribution is 2.36. The fourth-order valence-electron chi connectivity index (χ4n) is 1.50.